The molecule has 132 valence electrons. The number of nitrogens with zero attached hydrogens (tertiary/aromatic N) is 1. The van der Waals surface area contributed by atoms with Gasteiger partial charge in [0.15, 0.2) is 0 Å². The summed E-state index contributed by atoms with van der Waals surface area (Å²) in [7, 11) is 1.25. The Kier molecular flexibility index (Phi) is 6.27. The van der Waals surface area contributed by atoms with Crippen molar-refractivity contribution in [3.8, 4) is 0 Å². The lowest BCUT2D eigenvalue weighted by Crippen LogP contribution is -2.15. The van der Waals surface area contributed by atoms with Gasteiger partial charge in [-0.25, -0.2) is 9.59 Å². The highest BCUT2D eigenvalue weighted by Gasteiger charge is 2.27. The Balaban J connectivity index is 2.43. The van der Waals surface area contributed by atoms with E-state index < -0.39 is 17.8 Å². The van der Waals surface area contributed by atoms with Crippen LogP contribution in [0.3, 0.4) is 0 Å². The maximum Gasteiger partial charge on any atom is 0.348 e. The van der Waals surface area contributed by atoms with Gasteiger partial charge in [0.2, 0.25) is 0 Å². The molecule has 0 aliphatic carbocycles. The fraction of sp³-hybridized carbons (Fsp3) is 0.250. The minimum absolute atomic E-state index is 0.142. The maximum absolute atomic E-state index is 12.4. The largest absolute Gasteiger partial charge is 0.465 e. The Hall–Kier alpha value is -2.26. The zero-order valence-corrected chi connectivity index (χ0v) is 16.1. The lowest BCUT2D eigenvalue weighted by Gasteiger charge is -2.07. The van der Waals surface area contributed by atoms with Gasteiger partial charge in [0.1, 0.15) is 9.88 Å². The molecule has 0 spiro atoms. The van der Waals surface area contributed by atoms with E-state index in [0.29, 0.717) is 15.6 Å². The van der Waals surface area contributed by atoms with E-state index in [0.717, 1.165) is 11.3 Å². The Labute approximate surface area is 156 Å². The third-order valence-electron chi connectivity index (χ3n) is 3.19. The van der Waals surface area contributed by atoms with Crippen LogP contribution in [0, 0.1) is 6.92 Å². The summed E-state index contributed by atoms with van der Waals surface area (Å²) < 4.78 is 10.4. The number of thiophene rings is 1. The molecular formula is C16H15BrN2O5S. The van der Waals surface area contributed by atoms with Crippen molar-refractivity contribution in [2.75, 3.05) is 19.0 Å². The number of carbonyl (C=O) groups is 3. The van der Waals surface area contributed by atoms with E-state index in [4.69, 9.17) is 9.47 Å². The van der Waals surface area contributed by atoms with Crippen molar-refractivity contribution in [2.45, 2.75) is 13.8 Å². The highest BCUT2D eigenvalue weighted by atomic mass is 79.9. The van der Waals surface area contributed by atoms with Crippen molar-refractivity contribution >= 4 is 50.1 Å². The molecule has 2 rings (SSSR count). The van der Waals surface area contributed by atoms with Gasteiger partial charge in [-0.15, -0.1) is 11.3 Å². The summed E-state index contributed by atoms with van der Waals surface area (Å²) >= 11 is 4.20. The maximum atomic E-state index is 12.4. The fourth-order valence-electron chi connectivity index (χ4n) is 2.05. The molecule has 1 amide bonds. The molecule has 0 saturated carbocycles. The molecule has 0 fully saturated rings. The van der Waals surface area contributed by atoms with Crippen LogP contribution in [0.15, 0.2) is 22.9 Å². The molecule has 0 atom stereocenters. The normalized spacial score (nSPS) is 10.2. The molecule has 0 unspecified atom stereocenters. The molecule has 2 aromatic rings. The summed E-state index contributed by atoms with van der Waals surface area (Å²) in [5.41, 5.74) is 0.844. The van der Waals surface area contributed by atoms with Gasteiger partial charge >= 0.3 is 11.9 Å². The number of hydrogen-bond acceptors (Lipinski definition) is 7. The monoisotopic (exact) mass is 426 g/mol. The summed E-state index contributed by atoms with van der Waals surface area (Å²) in [6, 6.07) is 1.59. The van der Waals surface area contributed by atoms with Crippen LogP contribution in [0.2, 0.25) is 0 Å². The molecule has 7 nitrogen and oxygen atoms in total. The van der Waals surface area contributed by atoms with Crippen LogP contribution in [-0.2, 0) is 9.47 Å². The highest BCUT2D eigenvalue weighted by molar-refractivity contribution is 9.10. The van der Waals surface area contributed by atoms with Gasteiger partial charge in [0.25, 0.3) is 5.91 Å². The van der Waals surface area contributed by atoms with Crippen LogP contribution >= 0.6 is 27.3 Å². The number of carbonyl (C=O) groups excluding carboxylic acids is 3. The van der Waals surface area contributed by atoms with Gasteiger partial charge < -0.3 is 14.8 Å². The van der Waals surface area contributed by atoms with Crippen molar-refractivity contribution in [3.63, 3.8) is 0 Å². The van der Waals surface area contributed by atoms with Crippen molar-refractivity contribution in [1.29, 1.82) is 0 Å². The molecule has 0 bridgehead atoms. The standard InChI is InChI=1S/C16H15BrN2O5S/c1-4-24-15(21)11-8(2)12(16(22)23-3)25-14(11)19-13(20)9-5-10(17)7-18-6-9/h5-7H,4H2,1-3H3,(H,19,20). The predicted octanol–water partition coefficient (Wildman–Crippen LogP) is 3.43. The molecule has 2 heterocycles. The Morgan fingerprint density at radius 2 is 2.00 bits per heavy atom. The molecule has 0 aliphatic heterocycles. The number of methoxy groups -OCH3 is 1. The summed E-state index contributed by atoms with van der Waals surface area (Å²) in [4.78, 5) is 40.7. The van der Waals surface area contributed by atoms with Gasteiger partial charge in [-0.2, -0.15) is 0 Å². The molecular weight excluding hydrogens is 412 g/mol. The molecule has 9 heteroatoms. The predicted molar refractivity (Wildman–Crippen MR) is 96.2 cm³/mol. The van der Waals surface area contributed by atoms with Crippen LogP contribution in [0.4, 0.5) is 5.00 Å². The summed E-state index contributed by atoms with van der Waals surface area (Å²) in [6.45, 7) is 3.45. The zero-order chi connectivity index (χ0) is 18.6. The molecule has 0 saturated heterocycles. The van der Waals surface area contributed by atoms with E-state index in [1.54, 1.807) is 26.1 Å². The topological polar surface area (TPSA) is 94.6 Å². The summed E-state index contributed by atoms with van der Waals surface area (Å²) in [6.07, 6.45) is 2.94. The Morgan fingerprint density at radius 1 is 1.28 bits per heavy atom. The van der Waals surface area contributed by atoms with Crippen LogP contribution in [-0.4, -0.2) is 36.5 Å². The fourth-order valence-corrected chi connectivity index (χ4v) is 3.52. The number of nitrogens with one attached hydrogen (secondary N) is 1. The lowest BCUT2D eigenvalue weighted by atomic mass is 10.1. The number of aromatic nitrogens is 1. The number of rotatable bonds is 5. The van der Waals surface area contributed by atoms with Crippen LogP contribution in [0.5, 0.6) is 0 Å². The molecule has 2 aromatic heterocycles. The first-order valence-electron chi connectivity index (χ1n) is 7.19. The van der Waals surface area contributed by atoms with E-state index in [1.807, 2.05) is 0 Å². The number of ether oxygens (including phenoxy) is 2. The number of amides is 1. The number of halogens is 1. The van der Waals surface area contributed by atoms with Gasteiger partial charge in [0, 0.05) is 16.9 Å². The van der Waals surface area contributed by atoms with Crippen molar-refractivity contribution < 1.29 is 23.9 Å². The SMILES string of the molecule is CCOC(=O)c1c(NC(=O)c2cncc(Br)c2)sc(C(=O)OC)c1C. The average Bonchev–Trinajstić information content (AvgIpc) is 2.90. The van der Waals surface area contributed by atoms with E-state index in [2.05, 4.69) is 26.2 Å². The van der Waals surface area contributed by atoms with Crippen LogP contribution in [0.25, 0.3) is 0 Å². The van der Waals surface area contributed by atoms with Crippen molar-refractivity contribution in [1.82, 2.24) is 4.98 Å². The number of anilines is 1. The Bertz CT molecular complexity index is 834. The summed E-state index contributed by atoms with van der Waals surface area (Å²) in [5.74, 6) is -1.66. The van der Waals surface area contributed by atoms with Crippen molar-refractivity contribution in [3.05, 3.63) is 44.5 Å². The quantitative estimate of drug-likeness (QED) is 0.735. The minimum atomic E-state index is -0.617. The summed E-state index contributed by atoms with van der Waals surface area (Å²) in [5, 5.41) is 2.87. The van der Waals surface area contributed by atoms with Crippen LogP contribution < -0.4 is 5.32 Å². The number of pyridine rings is 1. The van der Waals surface area contributed by atoms with E-state index >= 15 is 0 Å². The van der Waals surface area contributed by atoms with E-state index in [-0.39, 0.29) is 22.0 Å². The molecule has 0 radical (unpaired) electrons. The van der Waals surface area contributed by atoms with E-state index in [1.165, 1.54) is 13.3 Å². The van der Waals surface area contributed by atoms with Crippen LogP contribution in [0.1, 0.15) is 42.9 Å². The first-order chi connectivity index (χ1) is 11.9. The highest BCUT2D eigenvalue weighted by Crippen LogP contribution is 2.34. The first-order valence-corrected chi connectivity index (χ1v) is 8.80. The van der Waals surface area contributed by atoms with E-state index in [9.17, 15) is 14.4 Å². The number of esters is 2. The minimum Gasteiger partial charge on any atom is -0.465 e. The molecule has 0 aliphatic rings. The van der Waals surface area contributed by atoms with Gasteiger partial charge in [-0.3, -0.25) is 9.78 Å². The lowest BCUT2D eigenvalue weighted by molar-refractivity contribution is 0.0527. The van der Waals surface area contributed by atoms with Gasteiger partial charge in [-0.05, 0) is 41.4 Å². The smallest absolute Gasteiger partial charge is 0.348 e. The van der Waals surface area contributed by atoms with Gasteiger partial charge in [0.05, 0.1) is 24.8 Å². The second-order valence-corrected chi connectivity index (χ2v) is 6.75. The average molecular weight is 427 g/mol. The van der Waals surface area contributed by atoms with Gasteiger partial charge in [-0.1, -0.05) is 0 Å². The molecule has 25 heavy (non-hydrogen) atoms. The zero-order valence-electron chi connectivity index (χ0n) is 13.7. The molecule has 0 aromatic carbocycles. The first kappa shape index (κ1) is 19.1. The third-order valence-corrected chi connectivity index (χ3v) is 4.81. The third kappa shape index (κ3) is 4.23. The second-order valence-electron chi connectivity index (χ2n) is 4.82. The second kappa shape index (κ2) is 8.21. The van der Waals surface area contributed by atoms with Crippen molar-refractivity contribution in [2.24, 2.45) is 0 Å². The Morgan fingerprint density at radius 3 is 2.60 bits per heavy atom. The number of hydrogen-bond donors (Lipinski definition) is 1. The molecule has 1 N–H and O–H groups in total.